The van der Waals surface area contributed by atoms with Gasteiger partial charge < -0.3 is 15.4 Å². The molecule has 2 rings (SSSR count). The van der Waals surface area contributed by atoms with Crippen molar-refractivity contribution in [3.8, 4) is 0 Å². The molecule has 1 aromatic rings. The van der Waals surface area contributed by atoms with Gasteiger partial charge in [0.2, 0.25) is 5.91 Å². The van der Waals surface area contributed by atoms with Crippen LogP contribution in [0.3, 0.4) is 0 Å². The number of halogens is 1. The number of nitrogens with one attached hydrogen (secondary N) is 2. The molecule has 0 bridgehead atoms. The SMILES string of the molecule is CNCC(=O)Nc1ccc(C(C)N2CCOCC2)cc1.Cl. The largest absolute Gasteiger partial charge is 0.379 e. The first-order chi connectivity index (χ1) is 9.70. The van der Waals surface area contributed by atoms with E-state index in [1.165, 1.54) is 5.56 Å². The van der Waals surface area contributed by atoms with Crippen molar-refractivity contribution in [2.24, 2.45) is 0 Å². The van der Waals surface area contributed by atoms with E-state index in [0.29, 0.717) is 12.6 Å². The van der Waals surface area contributed by atoms with Gasteiger partial charge in [0.05, 0.1) is 19.8 Å². The normalized spacial score (nSPS) is 16.9. The van der Waals surface area contributed by atoms with Gasteiger partial charge in [-0.3, -0.25) is 9.69 Å². The summed E-state index contributed by atoms with van der Waals surface area (Å²) in [5.41, 5.74) is 2.10. The highest BCUT2D eigenvalue weighted by atomic mass is 35.5. The lowest BCUT2D eigenvalue weighted by molar-refractivity contribution is -0.115. The summed E-state index contributed by atoms with van der Waals surface area (Å²) < 4.78 is 5.38. The van der Waals surface area contributed by atoms with E-state index in [-0.39, 0.29) is 18.3 Å². The van der Waals surface area contributed by atoms with Crippen LogP contribution in [0.2, 0.25) is 0 Å². The summed E-state index contributed by atoms with van der Waals surface area (Å²) >= 11 is 0. The second-order valence-corrected chi connectivity index (χ2v) is 5.02. The zero-order valence-corrected chi connectivity index (χ0v) is 13.4. The summed E-state index contributed by atoms with van der Waals surface area (Å²) in [5.74, 6) is -0.0264. The molecule has 1 fully saturated rings. The average Bonchev–Trinajstić information content (AvgIpc) is 2.48. The Morgan fingerprint density at radius 1 is 1.29 bits per heavy atom. The number of carbonyl (C=O) groups is 1. The van der Waals surface area contributed by atoms with Crippen LogP contribution >= 0.6 is 12.4 Å². The van der Waals surface area contributed by atoms with Gasteiger partial charge >= 0.3 is 0 Å². The number of rotatable bonds is 5. The van der Waals surface area contributed by atoms with Crippen LogP contribution in [0.4, 0.5) is 5.69 Å². The van der Waals surface area contributed by atoms with Crippen molar-refractivity contribution in [3.63, 3.8) is 0 Å². The zero-order valence-electron chi connectivity index (χ0n) is 12.6. The van der Waals surface area contributed by atoms with Gasteiger partial charge in [0.15, 0.2) is 0 Å². The van der Waals surface area contributed by atoms with E-state index in [0.717, 1.165) is 32.0 Å². The molecule has 1 saturated heterocycles. The van der Waals surface area contributed by atoms with Gasteiger partial charge in [-0.05, 0) is 31.7 Å². The molecule has 1 unspecified atom stereocenters. The van der Waals surface area contributed by atoms with Crippen LogP contribution in [0.15, 0.2) is 24.3 Å². The number of nitrogens with zero attached hydrogens (tertiary/aromatic N) is 1. The molecule has 21 heavy (non-hydrogen) atoms. The van der Waals surface area contributed by atoms with Gasteiger partial charge in [-0.25, -0.2) is 0 Å². The fourth-order valence-corrected chi connectivity index (χ4v) is 2.39. The molecule has 118 valence electrons. The van der Waals surface area contributed by atoms with Crippen molar-refractivity contribution >= 4 is 24.0 Å². The van der Waals surface area contributed by atoms with E-state index < -0.39 is 0 Å². The Labute approximate surface area is 132 Å². The minimum absolute atomic E-state index is 0. The van der Waals surface area contributed by atoms with Gasteiger partial charge in [-0.2, -0.15) is 0 Å². The quantitative estimate of drug-likeness (QED) is 0.868. The van der Waals surface area contributed by atoms with Crippen LogP contribution < -0.4 is 10.6 Å². The van der Waals surface area contributed by atoms with Crippen LogP contribution in [-0.4, -0.2) is 50.7 Å². The number of anilines is 1. The first kappa shape index (κ1) is 17.9. The Kier molecular flexibility index (Phi) is 7.67. The Morgan fingerprint density at radius 3 is 2.48 bits per heavy atom. The first-order valence-corrected chi connectivity index (χ1v) is 7.07. The molecule has 0 saturated carbocycles. The molecule has 6 heteroatoms. The predicted octanol–water partition coefficient (Wildman–Crippen LogP) is 1.66. The number of hydrogen-bond donors (Lipinski definition) is 2. The number of morpholine rings is 1. The van der Waals surface area contributed by atoms with Crippen LogP contribution in [0.5, 0.6) is 0 Å². The van der Waals surface area contributed by atoms with Crippen LogP contribution in [-0.2, 0) is 9.53 Å². The standard InChI is InChI=1S/C15H23N3O2.ClH/c1-12(18-7-9-20-10-8-18)13-3-5-14(6-4-13)17-15(19)11-16-2;/h3-6,12,16H,7-11H2,1-2H3,(H,17,19);1H. The van der Waals surface area contributed by atoms with E-state index in [4.69, 9.17) is 4.74 Å². The number of likely N-dealkylation sites (N-methyl/N-ethyl adjacent to an activating group) is 1. The van der Waals surface area contributed by atoms with E-state index in [2.05, 4.69) is 34.6 Å². The third-order valence-corrected chi connectivity index (χ3v) is 3.61. The molecule has 1 aromatic carbocycles. The fraction of sp³-hybridized carbons (Fsp3) is 0.533. The van der Waals surface area contributed by atoms with E-state index in [1.54, 1.807) is 7.05 Å². The number of carbonyl (C=O) groups excluding carboxylic acids is 1. The molecular formula is C15H24ClN3O2. The summed E-state index contributed by atoms with van der Waals surface area (Å²) in [6, 6.07) is 8.45. The maximum absolute atomic E-state index is 11.5. The topological polar surface area (TPSA) is 53.6 Å². The summed E-state index contributed by atoms with van der Waals surface area (Å²) in [6.45, 7) is 6.10. The Morgan fingerprint density at radius 2 is 1.90 bits per heavy atom. The van der Waals surface area contributed by atoms with E-state index in [9.17, 15) is 4.79 Å². The number of hydrogen-bond acceptors (Lipinski definition) is 4. The van der Waals surface area contributed by atoms with Crippen LogP contribution in [0, 0.1) is 0 Å². The Bertz CT molecular complexity index is 433. The van der Waals surface area contributed by atoms with Gasteiger partial charge in [0.25, 0.3) is 0 Å². The third kappa shape index (κ3) is 5.28. The van der Waals surface area contributed by atoms with Gasteiger partial charge in [0, 0.05) is 24.8 Å². The monoisotopic (exact) mass is 313 g/mol. The maximum Gasteiger partial charge on any atom is 0.238 e. The minimum atomic E-state index is -0.0264. The van der Waals surface area contributed by atoms with Crippen molar-refractivity contribution in [1.29, 1.82) is 0 Å². The second kappa shape index (κ2) is 9.00. The molecule has 1 heterocycles. The van der Waals surface area contributed by atoms with Crippen LogP contribution in [0.25, 0.3) is 0 Å². The Balaban J connectivity index is 0.00000220. The fourth-order valence-electron chi connectivity index (χ4n) is 2.39. The summed E-state index contributed by atoms with van der Waals surface area (Å²) in [5, 5.41) is 5.68. The first-order valence-electron chi connectivity index (χ1n) is 7.07. The highest BCUT2D eigenvalue weighted by Crippen LogP contribution is 2.22. The highest BCUT2D eigenvalue weighted by molar-refractivity contribution is 5.92. The summed E-state index contributed by atoms with van der Waals surface area (Å²) in [7, 11) is 1.76. The summed E-state index contributed by atoms with van der Waals surface area (Å²) in [6.07, 6.45) is 0. The Hall–Kier alpha value is -1.14. The molecule has 0 spiro atoms. The number of amides is 1. The molecule has 1 amide bonds. The van der Waals surface area contributed by atoms with Gasteiger partial charge in [0.1, 0.15) is 0 Å². The number of benzene rings is 1. The van der Waals surface area contributed by atoms with Gasteiger partial charge in [-0.1, -0.05) is 12.1 Å². The van der Waals surface area contributed by atoms with Gasteiger partial charge in [-0.15, -0.1) is 12.4 Å². The lowest BCUT2D eigenvalue weighted by Crippen LogP contribution is -2.38. The molecule has 5 nitrogen and oxygen atoms in total. The average molecular weight is 314 g/mol. The van der Waals surface area contributed by atoms with Crippen molar-refractivity contribution < 1.29 is 9.53 Å². The zero-order chi connectivity index (χ0) is 14.4. The van der Waals surface area contributed by atoms with Crippen molar-refractivity contribution in [1.82, 2.24) is 10.2 Å². The van der Waals surface area contributed by atoms with E-state index >= 15 is 0 Å². The van der Waals surface area contributed by atoms with Crippen molar-refractivity contribution in [2.45, 2.75) is 13.0 Å². The molecule has 1 aliphatic rings. The lowest BCUT2D eigenvalue weighted by atomic mass is 10.1. The van der Waals surface area contributed by atoms with Crippen LogP contribution in [0.1, 0.15) is 18.5 Å². The van der Waals surface area contributed by atoms with Crippen molar-refractivity contribution in [2.75, 3.05) is 45.2 Å². The van der Waals surface area contributed by atoms with E-state index in [1.807, 2.05) is 12.1 Å². The molecule has 1 aliphatic heterocycles. The minimum Gasteiger partial charge on any atom is -0.379 e. The lowest BCUT2D eigenvalue weighted by Gasteiger charge is -2.32. The number of ether oxygens (including phenoxy) is 1. The third-order valence-electron chi connectivity index (χ3n) is 3.61. The molecule has 0 radical (unpaired) electrons. The predicted molar refractivity (Wildman–Crippen MR) is 87.1 cm³/mol. The molecule has 1 atom stereocenters. The molecule has 0 aliphatic carbocycles. The maximum atomic E-state index is 11.5. The molecule has 2 N–H and O–H groups in total. The second-order valence-electron chi connectivity index (χ2n) is 5.02. The van der Waals surface area contributed by atoms with Crippen molar-refractivity contribution in [3.05, 3.63) is 29.8 Å². The highest BCUT2D eigenvalue weighted by Gasteiger charge is 2.18. The summed E-state index contributed by atoms with van der Waals surface area (Å²) in [4.78, 5) is 13.9. The molecular weight excluding hydrogens is 290 g/mol. The molecule has 0 aromatic heterocycles. The smallest absolute Gasteiger partial charge is 0.238 e.